The molecule has 5 heterocycles. The van der Waals surface area contributed by atoms with Crippen LogP contribution in [0.25, 0.3) is 16.8 Å². The fraction of sp³-hybridized carbons (Fsp3) is 0.500. The molecule has 0 spiro atoms. The second-order valence-corrected chi connectivity index (χ2v) is 10.3. The molecular weight excluding hydrogens is 462 g/mol. The molecule has 4 aromatic heterocycles. The van der Waals surface area contributed by atoms with Gasteiger partial charge in [0.2, 0.25) is 0 Å². The third-order valence-electron chi connectivity index (χ3n) is 8.13. The van der Waals surface area contributed by atoms with Gasteiger partial charge in [0.15, 0.2) is 5.82 Å². The maximum Gasteiger partial charge on any atom is 0.257 e. The maximum atomic E-state index is 9.54. The zero-order valence-electron chi connectivity index (χ0n) is 21.7. The highest BCUT2D eigenvalue weighted by atomic mass is 15.4. The molecule has 0 amide bonds. The van der Waals surface area contributed by atoms with E-state index in [1.54, 1.807) is 12.4 Å². The van der Waals surface area contributed by atoms with Crippen LogP contribution in [0.2, 0.25) is 0 Å². The van der Waals surface area contributed by atoms with E-state index in [0.29, 0.717) is 29.5 Å². The van der Waals surface area contributed by atoms with Crippen LogP contribution in [-0.4, -0.2) is 59.6 Å². The van der Waals surface area contributed by atoms with Crippen molar-refractivity contribution in [2.45, 2.75) is 76.9 Å². The van der Waals surface area contributed by atoms with E-state index in [-0.39, 0.29) is 6.04 Å². The molecule has 4 aromatic rings. The smallest absolute Gasteiger partial charge is 0.257 e. The van der Waals surface area contributed by atoms with E-state index >= 15 is 0 Å². The van der Waals surface area contributed by atoms with Gasteiger partial charge in [0, 0.05) is 49.0 Å². The van der Waals surface area contributed by atoms with Gasteiger partial charge in [-0.2, -0.15) is 10.2 Å². The lowest BCUT2D eigenvalue weighted by molar-refractivity contribution is 0.0894. The lowest BCUT2D eigenvalue weighted by Crippen LogP contribution is -2.59. The average molecular weight is 496 g/mol. The summed E-state index contributed by atoms with van der Waals surface area (Å²) in [6.07, 6.45) is 9.35. The minimum Gasteiger partial charge on any atom is -0.349 e. The third-order valence-corrected chi connectivity index (χ3v) is 8.13. The Balaban J connectivity index is 1.37. The number of nitrogens with zero attached hydrogens (tertiary/aromatic N) is 9. The van der Waals surface area contributed by atoms with Gasteiger partial charge in [0.05, 0.1) is 5.52 Å². The summed E-state index contributed by atoms with van der Waals surface area (Å²) in [5.41, 5.74) is 4.52. The summed E-state index contributed by atoms with van der Waals surface area (Å²) in [5, 5.41) is 17.9. The molecule has 0 radical (unpaired) electrons. The summed E-state index contributed by atoms with van der Waals surface area (Å²) >= 11 is 0. The van der Waals surface area contributed by atoms with Gasteiger partial charge >= 0.3 is 0 Å². The van der Waals surface area contributed by atoms with Crippen LogP contribution in [0.15, 0.2) is 36.8 Å². The summed E-state index contributed by atoms with van der Waals surface area (Å²) in [5.74, 6) is 2.01. The van der Waals surface area contributed by atoms with Gasteiger partial charge in [-0.05, 0) is 55.9 Å². The minimum absolute atomic E-state index is 0.254. The van der Waals surface area contributed by atoms with Crippen LogP contribution in [0.4, 0.5) is 5.82 Å². The van der Waals surface area contributed by atoms with Crippen molar-refractivity contribution in [2.24, 2.45) is 0 Å². The van der Waals surface area contributed by atoms with Gasteiger partial charge in [0.25, 0.3) is 5.78 Å². The van der Waals surface area contributed by atoms with Crippen LogP contribution in [0.3, 0.4) is 0 Å². The Kier molecular flexibility index (Phi) is 6.21. The van der Waals surface area contributed by atoms with E-state index < -0.39 is 0 Å². The van der Waals surface area contributed by atoms with E-state index in [0.717, 1.165) is 49.2 Å². The molecule has 1 saturated carbocycles. The van der Waals surface area contributed by atoms with Gasteiger partial charge in [-0.25, -0.2) is 4.98 Å². The quantitative estimate of drug-likeness (QED) is 0.365. The predicted octanol–water partition coefficient (Wildman–Crippen LogP) is 4.65. The Hall–Kier alpha value is -3.64. The molecule has 3 atom stereocenters. The van der Waals surface area contributed by atoms with E-state index in [9.17, 15) is 5.26 Å². The van der Waals surface area contributed by atoms with Crippen molar-refractivity contribution < 1.29 is 0 Å². The Morgan fingerprint density at radius 3 is 2.54 bits per heavy atom. The Morgan fingerprint density at radius 1 is 1.03 bits per heavy atom. The molecule has 0 N–H and O–H groups in total. The van der Waals surface area contributed by atoms with E-state index in [1.165, 1.54) is 24.1 Å². The first-order valence-corrected chi connectivity index (χ1v) is 13.5. The van der Waals surface area contributed by atoms with E-state index in [1.807, 2.05) is 10.5 Å². The van der Waals surface area contributed by atoms with Gasteiger partial charge in [-0.1, -0.05) is 26.8 Å². The molecule has 0 bridgehead atoms. The second-order valence-electron chi connectivity index (χ2n) is 10.3. The van der Waals surface area contributed by atoms with Crippen LogP contribution in [0.1, 0.15) is 81.8 Å². The molecule has 0 aromatic carbocycles. The van der Waals surface area contributed by atoms with Crippen molar-refractivity contribution in [3.63, 3.8) is 0 Å². The van der Waals surface area contributed by atoms with E-state index in [4.69, 9.17) is 15.0 Å². The molecule has 6 rings (SSSR count). The molecule has 2 fully saturated rings. The molecule has 9 nitrogen and oxygen atoms in total. The van der Waals surface area contributed by atoms with Gasteiger partial charge in [-0.15, -0.1) is 10.2 Å². The Bertz CT molecular complexity index is 1450. The zero-order valence-corrected chi connectivity index (χ0v) is 21.7. The number of hydrogen-bond donors (Lipinski definition) is 0. The van der Waals surface area contributed by atoms with Crippen molar-refractivity contribution in [1.82, 2.24) is 34.4 Å². The second kappa shape index (κ2) is 9.67. The van der Waals surface area contributed by atoms with E-state index in [2.05, 4.69) is 65.2 Å². The molecule has 1 saturated heterocycles. The summed E-state index contributed by atoms with van der Waals surface area (Å²) in [6, 6.07) is 11.3. The van der Waals surface area contributed by atoms with Crippen molar-refractivity contribution in [3.05, 3.63) is 53.7 Å². The normalized spacial score (nSPS) is 21.4. The molecule has 9 heteroatoms. The fourth-order valence-electron chi connectivity index (χ4n) is 5.92. The van der Waals surface area contributed by atoms with Gasteiger partial charge in [0.1, 0.15) is 23.6 Å². The largest absolute Gasteiger partial charge is 0.349 e. The highest BCUT2D eigenvalue weighted by Crippen LogP contribution is 2.40. The topological polar surface area (TPSA) is 99.1 Å². The van der Waals surface area contributed by atoms with Gasteiger partial charge < -0.3 is 4.90 Å². The maximum absolute atomic E-state index is 9.54. The third kappa shape index (κ3) is 4.19. The molecular formula is C28H33N9. The molecule has 1 unspecified atom stereocenters. The van der Waals surface area contributed by atoms with Gasteiger partial charge in [-0.3, -0.25) is 14.3 Å². The number of piperazine rings is 1. The number of rotatable bonds is 7. The number of nitriles is 1. The predicted molar refractivity (Wildman–Crippen MR) is 142 cm³/mol. The molecule has 190 valence electrons. The highest BCUT2D eigenvalue weighted by molar-refractivity contribution is 5.88. The summed E-state index contributed by atoms with van der Waals surface area (Å²) in [6.45, 7) is 8.55. The Labute approximate surface area is 217 Å². The number of anilines is 1. The summed E-state index contributed by atoms with van der Waals surface area (Å²) < 4.78 is 1.84. The molecule has 1 aliphatic carbocycles. The highest BCUT2D eigenvalue weighted by Gasteiger charge is 2.38. The zero-order chi connectivity index (χ0) is 25.5. The van der Waals surface area contributed by atoms with Crippen LogP contribution in [0.5, 0.6) is 0 Å². The van der Waals surface area contributed by atoms with Crippen molar-refractivity contribution in [3.8, 4) is 6.07 Å². The Morgan fingerprint density at radius 2 is 1.86 bits per heavy atom. The SMILES string of the molecule is CCC(c1ccc(C2CC2)nc1)N1C[C@H](CC)N(c2nc3nncn3c3ccc(C#N)nc23)C[C@H]1CC. The number of pyridine rings is 2. The van der Waals surface area contributed by atoms with Crippen molar-refractivity contribution in [2.75, 3.05) is 18.0 Å². The lowest BCUT2D eigenvalue weighted by Gasteiger charge is -2.49. The first kappa shape index (κ1) is 23.7. The molecule has 37 heavy (non-hydrogen) atoms. The molecule has 1 aliphatic heterocycles. The number of fused-ring (bicyclic) bond motifs is 3. The van der Waals surface area contributed by atoms with Crippen molar-refractivity contribution >= 4 is 22.6 Å². The van der Waals surface area contributed by atoms with Crippen LogP contribution >= 0.6 is 0 Å². The van der Waals surface area contributed by atoms with Crippen LogP contribution in [-0.2, 0) is 0 Å². The van der Waals surface area contributed by atoms with Crippen LogP contribution in [0, 0.1) is 11.3 Å². The lowest BCUT2D eigenvalue weighted by atomic mass is 9.95. The number of hydrogen-bond acceptors (Lipinski definition) is 8. The minimum atomic E-state index is 0.254. The summed E-state index contributed by atoms with van der Waals surface area (Å²) in [4.78, 5) is 19.5. The first-order chi connectivity index (χ1) is 18.1. The standard InChI is InChI=1S/C28H33N9/c1-4-21-16-36(27-26-25(12-10-20(13-29)32-26)37-17-31-34-28(37)33-27)22(5-2)15-35(21)24(6-3)19-9-11-23(30-14-19)18-7-8-18/h9-12,14,17-18,21-22,24H,4-8,15-16H2,1-3H3/t21-,22+,24?/m1/s1. The summed E-state index contributed by atoms with van der Waals surface area (Å²) in [7, 11) is 0. The molecule has 2 aliphatic rings. The number of aromatic nitrogens is 6. The van der Waals surface area contributed by atoms with Crippen molar-refractivity contribution in [1.29, 1.82) is 5.26 Å². The first-order valence-electron chi connectivity index (χ1n) is 13.5. The fourth-order valence-corrected chi connectivity index (χ4v) is 5.92. The van der Waals surface area contributed by atoms with Crippen LogP contribution < -0.4 is 4.90 Å². The monoisotopic (exact) mass is 495 g/mol. The average Bonchev–Trinajstić information content (AvgIpc) is 3.69.